The lowest BCUT2D eigenvalue weighted by atomic mass is 10.0. The Morgan fingerprint density at radius 2 is 2.06 bits per heavy atom. The second kappa shape index (κ2) is 5.33. The third-order valence-electron chi connectivity index (χ3n) is 2.19. The predicted molar refractivity (Wildman–Crippen MR) is 65.1 cm³/mol. The van der Waals surface area contributed by atoms with E-state index in [0.29, 0.717) is 5.82 Å². The second-order valence-corrected chi connectivity index (χ2v) is 3.93. The molecule has 17 heavy (non-hydrogen) atoms. The topological polar surface area (TPSA) is 116 Å². The Morgan fingerprint density at radius 3 is 2.53 bits per heavy atom. The number of carbonyl (C=O) groups is 1. The number of esters is 1. The van der Waals surface area contributed by atoms with Gasteiger partial charge in [-0.05, 0) is 5.92 Å². The number of nitrogens with zero attached hydrogens (tertiary/aromatic N) is 2. The molecule has 0 aliphatic heterocycles. The average molecular weight is 239 g/mol. The summed E-state index contributed by atoms with van der Waals surface area (Å²) in [5.74, 6) is 0.377. The lowest BCUT2D eigenvalue weighted by Crippen LogP contribution is -2.35. The molecule has 1 rings (SSSR count). The Bertz CT molecular complexity index is 387. The number of methoxy groups -OCH3 is 1. The minimum atomic E-state index is -0.506. The van der Waals surface area contributed by atoms with Crippen LogP contribution in [0.2, 0.25) is 0 Å². The summed E-state index contributed by atoms with van der Waals surface area (Å²) >= 11 is 0. The van der Waals surface area contributed by atoms with Gasteiger partial charge in [0.05, 0.1) is 7.11 Å². The van der Waals surface area contributed by atoms with Gasteiger partial charge in [-0.25, -0.2) is 4.79 Å². The Hall–Kier alpha value is -2.05. The van der Waals surface area contributed by atoms with Crippen molar-refractivity contribution in [3.8, 4) is 0 Å². The van der Waals surface area contributed by atoms with E-state index in [-0.39, 0.29) is 23.7 Å². The van der Waals surface area contributed by atoms with Gasteiger partial charge >= 0.3 is 5.97 Å². The summed E-state index contributed by atoms with van der Waals surface area (Å²) in [4.78, 5) is 19.2. The standard InChI is InChI=1S/C10H17N5O2/c1-5(2)8(9(16)17-3)14-7-4-6(11)13-10(12)15-7/h4-5,8H,1-3H3,(H5,11,12,13,14,15). The molecule has 0 bridgehead atoms. The molecule has 5 N–H and O–H groups in total. The van der Waals surface area contributed by atoms with Crippen LogP contribution in [0.4, 0.5) is 17.6 Å². The van der Waals surface area contributed by atoms with Gasteiger partial charge in [0.15, 0.2) is 0 Å². The summed E-state index contributed by atoms with van der Waals surface area (Å²) in [6.45, 7) is 3.78. The highest BCUT2D eigenvalue weighted by Gasteiger charge is 2.23. The van der Waals surface area contributed by atoms with Crippen molar-refractivity contribution in [2.45, 2.75) is 19.9 Å². The highest BCUT2D eigenvalue weighted by molar-refractivity contribution is 5.79. The van der Waals surface area contributed by atoms with Crippen LogP contribution in [-0.2, 0) is 9.53 Å². The second-order valence-electron chi connectivity index (χ2n) is 3.93. The number of rotatable bonds is 4. The van der Waals surface area contributed by atoms with Gasteiger partial charge in [0.1, 0.15) is 17.7 Å². The van der Waals surface area contributed by atoms with Crippen LogP contribution in [-0.4, -0.2) is 29.1 Å². The van der Waals surface area contributed by atoms with Crippen LogP contribution in [0.3, 0.4) is 0 Å². The smallest absolute Gasteiger partial charge is 0.328 e. The quantitative estimate of drug-likeness (QED) is 0.645. The minimum absolute atomic E-state index is 0.0415. The van der Waals surface area contributed by atoms with Crippen LogP contribution < -0.4 is 16.8 Å². The molecule has 94 valence electrons. The molecule has 0 fully saturated rings. The van der Waals surface area contributed by atoms with E-state index in [9.17, 15) is 4.79 Å². The van der Waals surface area contributed by atoms with Crippen LogP contribution in [0.25, 0.3) is 0 Å². The van der Waals surface area contributed by atoms with Crippen molar-refractivity contribution in [1.29, 1.82) is 0 Å². The van der Waals surface area contributed by atoms with Crippen LogP contribution in [0.1, 0.15) is 13.8 Å². The number of hydrogen-bond donors (Lipinski definition) is 3. The first-order valence-electron chi connectivity index (χ1n) is 5.18. The van der Waals surface area contributed by atoms with Crippen molar-refractivity contribution < 1.29 is 9.53 Å². The lowest BCUT2D eigenvalue weighted by Gasteiger charge is -2.20. The Labute approximate surface area is 99.6 Å². The molecule has 7 nitrogen and oxygen atoms in total. The van der Waals surface area contributed by atoms with Crippen molar-refractivity contribution in [3.63, 3.8) is 0 Å². The molecule has 0 aliphatic rings. The maximum atomic E-state index is 11.5. The number of aromatic nitrogens is 2. The third-order valence-corrected chi connectivity index (χ3v) is 2.19. The highest BCUT2D eigenvalue weighted by atomic mass is 16.5. The fraction of sp³-hybridized carbons (Fsp3) is 0.500. The van der Waals surface area contributed by atoms with E-state index >= 15 is 0 Å². The maximum absolute atomic E-state index is 11.5. The zero-order valence-electron chi connectivity index (χ0n) is 10.1. The predicted octanol–water partition coefficient (Wildman–Crippen LogP) is 0.250. The van der Waals surface area contributed by atoms with Gasteiger partial charge in [0, 0.05) is 6.07 Å². The molecule has 0 amide bonds. The first kappa shape index (κ1) is 13.0. The first-order valence-corrected chi connectivity index (χ1v) is 5.18. The maximum Gasteiger partial charge on any atom is 0.328 e. The fourth-order valence-corrected chi connectivity index (χ4v) is 1.34. The molecular formula is C10H17N5O2. The molecule has 0 aliphatic carbocycles. The normalized spacial score (nSPS) is 12.2. The molecular weight excluding hydrogens is 222 g/mol. The molecule has 0 radical (unpaired) electrons. The number of nitrogens with one attached hydrogen (secondary N) is 1. The number of nitrogen functional groups attached to an aromatic ring is 2. The molecule has 1 heterocycles. The Kier molecular flexibility index (Phi) is 4.08. The van der Waals surface area contributed by atoms with Crippen molar-refractivity contribution in [2.75, 3.05) is 23.9 Å². The molecule has 0 saturated carbocycles. The summed E-state index contributed by atoms with van der Waals surface area (Å²) in [7, 11) is 1.34. The van der Waals surface area contributed by atoms with Crippen LogP contribution in [0.15, 0.2) is 6.07 Å². The summed E-state index contributed by atoms with van der Waals surface area (Å²) in [5.41, 5.74) is 11.0. The monoisotopic (exact) mass is 239 g/mol. The van der Waals surface area contributed by atoms with E-state index in [2.05, 4.69) is 15.3 Å². The zero-order chi connectivity index (χ0) is 13.0. The molecule has 1 aromatic rings. The van der Waals surface area contributed by atoms with E-state index in [0.717, 1.165) is 0 Å². The number of carbonyl (C=O) groups excluding carboxylic acids is 1. The van der Waals surface area contributed by atoms with E-state index in [4.69, 9.17) is 16.2 Å². The molecule has 1 atom stereocenters. The number of hydrogen-bond acceptors (Lipinski definition) is 7. The Morgan fingerprint density at radius 1 is 1.41 bits per heavy atom. The SMILES string of the molecule is COC(=O)C(Nc1cc(N)nc(N)n1)C(C)C. The van der Waals surface area contributed by atoms with E-state index < -0.39 is 6.04 Å². The van der Waals surface area contributed by atoms with Gasteiger partial charge in [-0.15, -0.1) is 0 Å². The molecule has 1 aromatic heterocycles. The van der Waals surface area contributed by atoms with Gasteiger partial charge in [0.2, 0.25) is 5.95 Å². The zero-order valence-corrected chi connectivity index (χ0v) is 10.1. The summed E-state index contributed by atoms with van der Waals surface area (Å²) in [6, 6.07) is 1.00. The van der Waals surface area contributed by atoms with Gasteiger partial charge in [-0.1, -0.05) is 13.8 Å². The van der Waals surface area contributed by atoms with Crippen LogP contribution >= 0.6 is 0 Å². The molecule has 0 aromatic carbocycles. The average Bonchev–Trinajstić information content (AvgIpc) is 2.23. The van der Waals surface area contributed by atoms with E-state index in [1.54, 1.807) is 0 Å². The number of ether oxygens (including phenoxy) is 1. The minimum Gasteiger partial charge on any atom is -0.467 e. The molecule has 1 unspecified atom stereocenters. The van der Waals surface area contributed by atoms with Crippen molar-refractivity contribution >= 4 is 23.6 Å². The van der Waals surface area contributed by atoms with Crippen LogP contribution in [0, 0.1) is 5.92 Å². The number of nitrogens with two attached hydrogens (primary N) is 2. The highest BCUT2D eigenvalue weighted by Crippen LogP contribution is 2.14. The molecule has 7 heteroatoms. The van der Waals surface area contributed by atoms with Gasteiger partial charge in [0.25, 0.3) is 0 Å². The van der Waals surface area contributed by atoms with Crippen molar-refractivity contribution in [1.82, 2.24) is 9.97 Å². The van der Waals surface area contributed by atoms with E-state index in [1.165, 1.54) is 13.2 Å². The molecule has 0 spiro atoms. The van der Waals surface area contributed by atoms with Gasteiger partial charge in [-0.3, -0.25) is 0 Å². The first-order chi connectivity index (χ1) is 7.93. The van der Waals surface area contributed by atoms with Gasteiger partial charge < -0.3 is 21.5 Å². The summed E-state index contributed by atoms with van der Waals surface area (Å²) < 4.78 is 4.70. The fourth-order valence-electron chi connectivity index (χ4n) is 1.34. The third kappa shape index (κ3) is 3.47. The summed E-state index contributed by atoms with van der Waals surface area (Å²) in [6.07, 6.45) is 0. The number of anilines is 3. The lowest BCUT2D eigenvalue weighted by molar-refractivity contribution is -0.142. The van der Waals surface area contributed by atoms with Crippen molar-refractivity contribution in [3.05, 3.63) is 6.07 Å². The van der Waals surface area contributed by atoms with Gasteiger partial charge in [-0.2, -0.15) is 9.97 Å². The molecule has 0 saturated heterocycles. The van der Waals surface area contributed by atoms with Crippen LogP contribution in [0.5, 0.6) is 0 Å². The largest absolute Gasteiger partial charge is 0.467 e. The van der Waals surface area contributed by atoms with E-state index in [1.807, 2.05) is 13.8 Å². The van der Waals surface area contributed by atoms with Crippen molar-refractivity contribution in [2.24, 2.45) is 5.92 Å². The summed E-state index contributed by atoms with van der Waals surface area (Å²) in [5, 5.41) is 2.93. The Balaban J connectivity index is 2.89.